The van der Waals surface area contributed by atoms with Crippen molar-refractivity contribution in [2.75, 3.05) is 18.9 Å². The first-order valence-electron chi connectivity index (χ1n) is 8.23. The first kappa shape index (κ1) is 20.6. The monoisotopic (exact) mass is 392 g/mol. The van der Waals surface area contributed by atoms with Gasteiger partial charge in [0.15, 0.2) is 0 Å². The van der Waals surface area contributed by atoms with E-state index < -0.39 is 10.0 Å². The summed E-state index contributed by atoms with van der Waals surface area (Å²) in [5.41, 5.74) is 0.402. The number of carbonyl (C=O) groups is 1. The summed E-state index contributed by atoms with van der Waals surface area (Å²) in [7, 11) is -1.06. The van der Waals surface area contributed by atoms with Crippen LogP contribution in [0.15, 0.2) is 47.4 Å². The van der Waals surface area contributed by atoms with Crippen molar-refractivity contribution in [3.05, 3.63) is 48.0 Å². The lowest BCUT2D eigenvalue weighted by Gasteiger charge is -2.20. The van der Waals surface area contributed by atoms with Crippen molar-refractivity contribution in [1.82, 2.24) is 5.32 Å². The predicted octanol–water partition coefficient (Wildman–Crippen LogP) is 3.03. The van der Waals surface area contributed by atoms with E-state index in [2.05, 4.69) is 10.0 Å². The van der Waals surface area contributed by atoms with Crippen LogP contribution in [-0.4, -0.2) is 34.1 Å². The van der Waals surface area contributed by atoms with Crippen LogP contribution in [0.4, 0.5) is 5.69 Å². The topological polar surface area (TPSA) is 93.7 Å². The fraction of sp³-hybridized carbons (Fsp3) is 0.316. The Balaban J connectivity index is 2.25. The Morgan fingerprint density at radius 1 is 0.963 bits per heavy atom. The third-order valence-electron chi connectivity index (χ3n) is 3.55. The number of carbonyl (C=O) groups excluding carboxylic acids is 1. The number of hydrogen-bond donors (Lipinski definition) is 2. The molecule has 2 aromatic carbocycles. The van der Waals surface area contributed by atoms with Crippen LogP contribution in [0.3, 0.4) is 0 Å². The molecule has 0 saturated heterocycles. The minimum absolute atomic E-state index is 0.0427. The van der Waals surface area contributed by atoms with E-state index in [0.29, 0.717) is 17.0 Å². The number of rotatable bonds is 6. The Labute approximate surface area is 159 Å². The summed E-state index contributed by atoms with van der Waals surface area (Å²) in [6, 6.07) is 10.7. The smallest absolute Gasteiger partial charge is 0.265 e. The van der Waals surface area contributed by atoms with Gasteiger partial charge in [-0.15, -0.1) is 0 Å². The van der Waals surface area contributed by atoms with Crippen molar-refractivity contribution < 1.29 is 22.7 Å². The molecule has 0 aliphatic heterocycles. The standard InChI is InChI=1S/C19H24N2O5S/c1-19(2,3)20-18(22)13-6-8-14(9-7-13)21-27(23,24)17-12-15(25-4)10-11-16(17)26-5/h6-12,21H,1-5H3,(H,20,22). The number of nitrogens with one attached hydrogen (secondary N) is 2. The second kappa shape index (κ2) is 7.87. The highest BCUT2D eigenvalue weighted by Crippen LogP contribution is 2.29. The van der Waals surface area contributed by atoms with E-state index in [1.165, 1.54) is 38.5 Å². The molecule has 0 unspecified atom stereocenters. The number of hydrogen-bond acceptors (Lipinski definition) is 5. The van der Waals surface area contributed by atoms with E-state index in [1.54, 1.807) is 18.2 Å². The minimum Gasteiger partial charge on any atom is -0.497 e. The number of methoxy groups -OCH3 is 2. The highest BCUT2D eigenvalue weighted by atomic mass is 32.2. The maximum Gasteiger partial charge on any atom is 0.265 e. The van der Waals surface area contributed by atoms with E-state index in [1.807, 2.05) is 20.8 Å². The van der Waals surface area contributed by atoms with Crippen LogP contribution < -0.4 is 19.5 Å². The van der Waals surface area contributed by atoms with Gasteiger partial charge in [0.1, 0.15) is 16.4 Å². The van der Waals surface area contributed by atoms with Crippen molar-refractivity contribution in [3.8, 4) is 11.5 Å². The lowest BCUT2D eigenvalue weighted by Crippen LogP contribution is -2.40. The molecule has 27 heavy (non-hydrogen) atoms. The molecule has 0 atom stereocenters. The van der Waals surface area contributed by atoms with E-state index in [-0.39, 0.29) is 22.1 Å². The predicted molar refractivity (Wildman–Crippen MR) is 104 cm³/mol. The van der Waals surface area contributed by atoms with E-state index >= 15 is 0 Å². The molecule has 0 saturated carbocycles. The number of amides is 1. The molecular formula is C19H24N2O5S. The number of benzene rings is 2. The average Bonchev–Trinajstić information content (AvgIpc) is 2.60. The Morgan fingerprint density at radius 2 is 1.59 bits per heavy atom. The molecule has 146 valence electrons. The fourth-order valence-electron chi connectivity index (χ4n) is 2.31. The third kappa shape index (κ3) is 5.37. The molecule has 0 heterocycles. The number of anilines is 1. The van der Waals surface area contributed by atoms with Crippen LogP contribution >= 0.6 is 0 Å². The molecule has 0 aromatic heterocycles. The van der Waals surface area contributed by atoms with Crippen LogP contribution in [0.25, 0.3) is 0 Å². The van der Waals surface area contributed by atoms with Crippen molar-refractivity contribution in [3.63, 3.8) is 0 Å². The van der Waals surface area contributed by atoms with Crippen molar-refractivity contribution in [1.29, 1.82) is 0 Å². The largest absolute Gasteiger partial charge is 0.497 e. The number of sulfonamides is 1. The lowest BCUT2D eigenvalue weighted by molar-refractivity contribution is 0.0919. The molecule has 0 aliphatic rings. The minimum atomic E-state index is -3.91. The fourth-order valence-corrected chi connectivity index (χ4v) is 3.55. The highest BCUT2D eigenvalue weighted by molar-refractivity contribution is 7.92. The van der Waals surface area contributed by atoms with Gasteiger partial charge in [0.05, 0.1) is 14.2 Å². The van der Waals surface area contributed by atoms with Crippen LogP contribution in [0, 0.1) is 0 Å². The Kier molecular flexibility index (Phi) is 6.00. The first-order valence-corrected chi connectivity index (χ1v) is 9.71. The summed E-state index contributed by atoms with van der Waals surface area (Å²) in [6.45, 7) is 5.65. The maximum atomic E-state index is 12.7. The van der Waals surface area contributed by atoms with Crippen molar-refractivity contribution >= 4 is 21.6 Å². The number of ether oxygens (including phenoxy) is 2. The second-order valence-electron chi connectivity index (χ2n) is 6.90. The van der Waals surface area contributed by atoms with Crippen LogP contribution in [0.1, 0.15) is 31.1 Å². The van der Waals surface area contributed by atoms with Gasteiger partial charge in [-0.25, -0.2) is 8.42 Å². The Hall–Kier alpha value is -2.74. The quantitative estimate of drug-likeness (QED) is 0.788. The first-order chi connectivity index (χ1) is 12.6. The molecule has 8 heteroatoms. The molecule has 0 spiro atoms. The SMILES string of the molecule is COc1ccc(OC)c(S(=O)(=O)Nc2ccc(C(=O)NC(C)(C)C)cc2)c1. The summed E-state index contributed by atoms with van der Waals surface area (Å²) in [6.07, 6.45) is 0. The zero-order valence-electron chi connectivity index (χ0n) is 16.0. The third-order valence-corrected chi connectivity index (χ3v) is 4.95. The molecule has 2 N–H and O–H groups in total. The zero-order chi connectivity index (χ0) is 20.2. The molecule has 2 rings (SSSR count). The van der Waals surface area contributed by atoms with Crippen molar-refractivity contribution in [2.24, 2.45) is 0 Å². The van der Waals surface area contributed by atoms with Crippen LogP contribution in [0.5, 0.6) is 11.5 Å². The Morgan fingerprint density at radius 3 is 2.11 bits per heavy atom. The van der Waals surface area contributed by atoms with Gasteiger partial charge < -0.3 is 14.8 Å². The molecule has 0 fully saturated rings. The average molecular weight is 392 g/mol. The summed E-state index contributed by atoms with van der Waals surface area (Å²) in [4.78, 5) is 12.1. The van der Waals surface area contributed by atoms with Gasteiger partial charge in [-0.05, 0) is 57.2 Å². The van der Waals surface area contributed by atoms with Gasteiger partial charge in [-0.2, -0.15) is 0 Å². The van der Waals surface area contributed by atoms with E-state index in [0.717, 1.165) is 0 Å². The molecule has 2 aromatic rings. The second-order valence-corrected chi connectivity index (χ2v) is 8.55. The van der Waals surface area contributed by atoms with Gasteiger partial charge in [0.25, 0.3) is 15.9 Å². The summed E-state index contributed by atoms with van der Waals surface area (Å²) < 4.78 is 38.2. The van der Waals surface area contributed by atoms with Crippen LogP contribution in [0.2, 0.25) is 0 Å². The molecule has 0 bridgehead atoms. The summed E-state index contributed by atoms with van der Waals surface area (Å²) in [5, 5.41) is 2.85. The van der Waals surface area contributed by atoms with Gasteiger partial charge in [-0.3, -0.25) is 9.52 Å². The van der Waals surface area contributed by atoms with Crippen LogP contribution in [-0.2, 0) is 10.0 Å². The van der Waals surface area contributed by atoms with Crippen molar-refractivity contribution in [2.45, 2.75) is 31.2 Å². The molecule has 7 nitrogen and oxygen atoms in total. The lowest BCUT2D eigenvalue weighted by atomic mass is 10.1. The maximum absolute atomic E-state index is 12.7. The molecule has 1 amide bonds. The van der Waals surface area contributed by atoms with Gasteiger partial charge >= 0.3 is 0 Å². The highest BCUT2D eigenvalue weighted by Gasteiger charge is 2.21. The van der Waals surface area contributed by atoms with Gasteiger partial charge in [0, 0.05) is 22.9 Å². The molecule has 0 radical (unpaired) electrons. The molecule has 0 aliphatic carbocycles. The van der Waals surface area contributed by atoms with Gasteiger partial charge in [-0.1, -0.05) is 0 Å². The Bertz CT molecular complexity index is 916. The van der Waals surface area contributed by atoms with E-state index in [9.17, 15) is 13.2 Å². The molecular weight excluding hydrogens is 368 g/mol. The zero-order valence-corrected chi connectivity index (χ0v) is 16.8. The normalized spacial score (nSPS) is 11.6. The summed E-state index contributed by atoms with van der Waals surface area (Å²) >= 11 is 0. The van der Waals surface area contributed by atoms with Gasteiger partial charge in [0.2, 0.25) is 0 Å². The summed E-state index contributed by atoms with van der Waals surface area (Å²) in [5.74, 6) is 0.362. The van der Waals surface area contributed by atoms with E-state index in [4.69, 9.17) is 9.47 Å².